The number of rotatable bonds is 0. The van der Waals surface area contributed by atoms with Crippen molar-refractivity contribution in [1.82, 2.24) is 0 Å². The van der Waals surface area contributed by atoms with Gasteiger partial charge in [-0.05, 0) is 0 Å². The molecule has 7 heavy (non-hydrogen) atoms. The maximum Gasteiger partial charge on any atom is 2.00 e. The first-order valence-electron chi connectivity index (χ1n) is 0.816. The molecule has 0 atom stereocenters. The SMILES string of the molecule is [Mg+2].[O-][Si]([O-])([O-])[O-].[Zn+2]. The Morgan fingerprint density at radius 1 is 0.857 bits per heavy atom. The van der Waals surface area contributed by atoms with E-state index in [9.17, 15) is 0 Å². The summed E-state index contributed by atoms with van der Waals surface area (Å²) >= 11 is 0. The zero-order valence-electron chi connectivity index (χ0n) is 3.55. The van der Waals surface area contributed by atoms with Gasteiger partial charge in [0.05, 0.1) is 0 Å². The van der Waals surface area contributed by atoms with E-state index in [0.717, 1.165) is 0 Å². The molecule has 0 bridgehead atoms. The van der Waals surface area contributed by atoms with Gasteiger partial charge in [-0.2, -0.15) is 0 Å². The molecule has 0 aromatic heterocycles. The zero-order valence-corrected chi connectivity index (χ0v) is 8.93. The molecular formula is MgO4SiZn. The quantitative estimate of drug-likeness (QED) is 0.349. The molecule has 4 nitrogen and oxygen atoms in total. The molecule has 0 unspecified atom stereocenters. The maximum atomic E-state index is 8.58. The fourth-order valence-electron chi connectivity index (χ4n) is 0. The minimum atomic E-state index is -5.61. The molecule has 0 aromatic carbocycles. The minimum absolute atomic E-state index is 0. The van der Waals surface area contributed by atoms with Gasteiger partial charge in [0, 0.05) is 0 Å². The van der Waals surface area contributed by atoms with Crippen LogP contribution in [0.5, 0.6) is 0 Å². The Labute approximate surface area is 70.6 Å². The predicted molar refractivity (Wildman–Crippen MR) is 11.5 cm³/mol. The molecule has 0 aliphatic carbocycles. The molecule has 0 spiro atoms. The van der Waals surface area contributed by atoms with Crippen molar-refractivity contribution in [2.24, 2.45) is 0 Å². The molecule has 7 heteroatoms. The molecule has 0 heterocycles. The van der Waals surface area contributed by atoms with Crippen molar-refractivity contribution < 1.29 is 38.7 Å². The molecule has 0 fully saturated rings. The molecule has 0 rings (SSSR count). The van der Waals surface area contributed by atoms with Gasteiger partial charge in [-0.25, -0.2) is 0 Å². The molecule has 0 saturated heterocycles. The number of hydrogen-bond acceptors (Lipinski definition) is 4. The van der Waals surface area contributed by atoms with E-state index in [1.807, 2.05) is 0 Å². The Bertz CT molecular complexity index is 27.2. The molecule has 0 aliphatic heterocycles. The van der Waals surface area contributed by atoms with Gasteiger partial charge in [-0.3, -0.25) is 0 Å². The Kier molecular flexibility index (Phi) is 12.6. The second-order valence-electron chi connectivity index (χ2n) is 0.500. The molecule has 0 saturated carbocycles. The monoisotopic (exact) mass is 180 g/mol. The van der Waals surface area contributed by atoms with Crippen LogP contribution < -0.4 is 19.2 Å². The average Bonchev–Trinajstić information content (AvgIpc) is 0.722. The zero-order chi connectivity index (χ0) is 4.50. The van der Waals surface area contributed by atoms with Crippen molar-refractivity contribution in [3.63, 3.8) is 0 Å². The average molecular weight is 182 g/mol. The molecule has 0 aliphatic rings. The third-order valence-electron chi connectivity index (χ3n) is 0. The topological polar surface area (TPSA) is 92.2 Å². The van der Waals surface area contributed by atoms with E-state index in [4.69, 9.17) is 19.2 Å². The van der Waals surface area contributed by atoms with Gasteiger partial charge in [0.1, 0.15) is 0 Å². The Morgan fingerprint density at radius 2 is 0.857 bits per heavy atom. The Balaban J connectivity index is -0.0000000800. The van der Waals surface area contributed by atoms with Crippen LogP contribution in [0.4, 0.5) is 0 Å². The van der Waals surface area contributed by atoms with E-state index < -0.39 is 9.05 Å². The molecule has 32 valence electrons. The van der Waals surface area contributed by atoms with E-state index in [0.29, 0.717) is 0 Å². The van der Waals surface area contributed by atoms with Crippen LogP contribution in [0, 0.1) is 0 Å². The van der Waals surface area contributed by atoms with Gasteiger partial charge in [0.25, 0.3) is 0 Å². The Morgan fingerprint density at radius 3 is 0.857 bits per heavy atom. The second-order valence-corrected chi connectivity index (χ2v) is 1.50. The van der Waals surface area contributed by atoms with Crippen LogP contribution in [0.1, 0.15) is 0 Å². The van der Waals surface area contributed by atoms with Crippen molar-refractivity contribution in [1.29, 1.82) is 0 Å². The van der Waals surface area contributed by atoms with Crippen LogP contribution >= 0.6 is 0 Å². The van der Waals surface area contributed by atoms with E-state index >= 15 is 0 Å². The van der Waals surface area contributed by atoms with Gasteiger partial charge in [0.15, 0.2) is 0 Å². The summed E-state index contributed by atoms with van der Waals surface area (Å²) < 4.78 is 0. The van der Waals surface area contributed by atoms with Crippen molar-refractivity contribution in [2.75, 3.05) is 0 Å². The summed E-state index contributed by atoms with van der Waals surface area (Å²) in [7, 11) is -5.61. The van der Waals surface area contributed by atoms with E-state index in [1.165, 1.54) is 0 Å². The smallest absolute Gasteiger partial charge is 0.894 e. The summed E-state index contributed by atoms with van der Waals surface area (Å²) in [6.45, 7) is 0. The molecular weight excluding hydrogens is 182 g/mol. The molecule has 0 aromatic rings. The van der Waals surface area contributed by atoms with Gasteiger partial charge in [-0.15, -0.1) is 0 Å². The second kappa shape index (κ2) is 5.58. The molecule has 0 radical (unpaired) electrons. The van der Waals surface area contributed by atoms with Crippen LogP contribution in [0.15, 0.2) is 0 Å². The van der Waals surface area contributed by atoms with E-state index in [2.05, 4.69) is 0 Å². The number of hydrogen-bond donors (Lipinski definition) is 0. The largest absolute Gasteiger partial charge is 2.00 e. The van der Waals surface area contributed by atoms with Crippen LogP contribution in [0.3, 0.4) is 0 Å². The van der Waals surface area contributed by atoms with Crippen molar-refractivity contribution in [2.45, 2.75) is 0 Å². The third-order valence-corrected chi connectivity index (χ3v) is 0. The summed E-state index contributed by atoms with van der Waals surface area (Å²) in [5.74, 6) is 0. The van der Waals surface area contributed by atoms with Crippen LogP contribution in [0.25, 0.3) is 0 Å². The first kappa shape index (κ1) is 15.8. The van der Waals surface area contributed by atoms with Crippen LogP contribution in [0.2, 0.25) is 0 Å². The molecule has 0 N–H and O–H groups in total. The standard InChI is InChI=1S/Mg.O4Si.Zn/c;1-5(2,3)4;/q+2;-4;+2. The minimum Gasteiger partial charge on any atom is -0.894 e. The van der Waals surface area contributed by atoms with E-state index in [-0.39, 0.29) is 42.5 Å². The third kappa shape index (κ3) is 106. The summed E-state index contributed by atoms with van der Waals surface area (Å²) in [6, 6.07) is 0. The summed E-state index contributed by atoms with van der Waals surface area (Å²) in [5.41, 5.74) is 0. The van der Waals surface area contributed by atoms with Gasteiger partial charge < -0.3 is 28.2 Å². The first-order valence-corrected chi connectivity index (χ1v) is 2.45. The fourth-order valence-corrected chi connectivity index (χ4v) is 0. The maximum absolute atomic E-state index is 8.58. The summed E-state index contributed by atoms with van der Waals surface area (Å²) in [6.07, 6.45) is 0. The van der Waals surface area contributed by atoms with Crippen molar-refractivity contribution in [3.8, 4) is 0 Å². The first-order chi connectivity index (χ1) is 2.00. The molecule has 0 amide bonds. The van der Waals surface area contributed by atoms with Gasteiger partial charge in [0.2, 0.25) is 0 Å². The summed E-state index contributed by atoms with van der Waals surface area (Å²) in [5, 5.41) is 0. The van der Waals surface area contributed by atoms with Gasteiger partial charge in [-0.1, -0.05) is 0 Å². The fraction of sp³-hybridized carbons (Fsp3) is 0. The van der Waals surface area contributed by atoms with Gasteiger partial charge >= 0.3 is 42.5 Å². The van der Waals surface area contributed by atoms with E-state index in [1.54, 1.807) is 0 Å². The predicted octanol–water partition coefficient (Wildman–Crippen LogP) is -5.52. The Hall–Kier alpha value is 1.45. The summed E-state index contributed by atoms with van der Waals surface area (Å²) in [4.78, 5) is 34.3. The normalized spacial score (nSPS) is 8.57. The van der Waals surface area contributed by atoms with Crippen molar-refractivity contribution in [3.05, 3.63) is 0 Å². The van der Waals surface area contributed by atoms with Crippen LogP contribution in [-0.2, 0) is 19.5 Å². The van der Waals surface area contributed by atoms with Crippen molar-refractivity contribution >= 4 is 32.1 Å². The van der Waals surface area contributed by atoms with Crippen LogP contribution in [-0.4, -0.2) is 32.1 Å².